The van der Waals surface area contributed by atoms with Gasteiger partial charge in [-0.25, -0.2) is 0 Å². The number of halogens is 3. The van der Waals surface area contributed by atoms with Gasteiger partial charge in [0.15, 0.2) is 10.6 Å². The zero-order valence-corrected chi connectivity index (χ0v) is 22.3. The van der Waals surface area contributed by atoms with Gasteiger partial charge in [-0.1, -0.05) is 36.0 Å². The standard InChI is InChI=1S/C27H32F3N5O2S/c1-18-16-23(27(28,29)30)32-35(18)17-24(36)34-13-10-20(11-14-34)26(31-12-15-38-26)25(37)33(2)22-9-5-7-19-6-3-4-8-21(19)22/h3-4,6,8,12,15-16,20,22,31H,5,7,9-11,13-14,17H2,1-2H3. The third-order valence-electron chi connectivity index (χ3n) is 8.04. The smallest absolute Gasteiger partial charge is 0.368 e. The number of piperidine rings is 1. The lowest BCUT2D eigenvalue weighted by Gasteiger charge is -2.44. The zero-order chi connectivity index (χ0) is 27.1. The molecular formula is C27H32F3N5O2S. The molecular weight excluding hydrogens is 515 g/mol. The van der Waals surface area contributed by atoms with Crippen LogP contribution in [0.15, 0.2) is 41.9 Å². The minimum absolute atomic E-state index is 0.0106. The number of hydrogen-bond acceptors (Lipinski definition) is 5. The molecule has 1 saturated heterocycles. The minimum Gasteiger partial charge on any atom is -0.368 e. The SMILES string of the molecule is Cc1cc(C(F)(F)F)nn1CC(=O)N1CCC(C2(C(=O)N(C)C3CCCc4ccccc43)NC=CS2)CC1. The maximum atomic E-state index is 14.1. The first-order valence-electron chi connectivity index (χ1n) is 12.9. The molecule has 0 spiro atoms. The number of rotatable bonds is 5. The molecule has 0 bridgehead atoms. The Kier molecular flexibility index (Phi) is 7.23. The van der Waals surface area contributed by atoms with Gasteiger partial charge in [0.1, 0.15) is 6.54 Å². The van der Waals surface area contributed by atoms with Crippen molar-refractivity contribution in [3.05, 3.63) is 64.5 Å². The molecule has 1 fully saturated rings. The Morgan fingerprint density at radius 3 is 2.61 bits per heavy atom. The molecule has 7 nitrogen and oxygen atoms in total. The van der Waals surface area contributed by atoms with E-state index < -0.39 is 16.7 Å². The summed E-state index contributed by atoms with van der Waals surface area (Å²) in [7, 11) is 1.89. The number of aryl methyl sites for hydroxylation is 2. The van der Waals surface area contributed by atoms with Crippen LogP contribution < -0.4 is 5.32 Å². The van der Waals surface area contributed by atoms with Gasteiger partial charge in [0.25, 0.3) is 5.91 Å². The van der Waals surface area contributed by atoms with E-state index in [1.807, 2.05) is 35.7 Å². The van der Waals surface area contributed by atoms with Crippen LogP contribution >= 0.6 is 11.8 Å². The van der Waals surface area contributed by atoms with Crippen molar-refractivity contribution >= 4 is 23.6 Å². The van der Waals surface area contributed by atoms with Crippen molar-refractivity contribution in [2.75, 3.05) is 20.1 Å². The number of likely N-dealkylation sites (N-methyl/N-ethyl adjacent to an activating group) is 1. The second-order valence-electron chi connectivity index (χ2n) is 10.3. The number of fused-ring (bicyclic) bond motifs is 1. The van der Waals surface area contributed by atoms with Crippen molar-refractivity contribution < 1.29 is 22.8 Å². The van der Waals surface area contributed by atoms with E-state index in [9.17, 15) is 22.8 Å². The van der Waals surface area contributed by atoms with Crippen LogP contribution in [0.4, 0.5) is 13.2 Å². The quantitative estimate of drug-likeness (QED) is 0.598. The molecule has 38 heavy (non-hydrogen) atoms. The normalized spacial score (nSPS) is 23.7. The summed E-state index contributed by atoms with van der Waals surface area (Å²) in [6.07, 6.45) is 1.47. The monoisotopic (exact) mass is 547 g/mol. The van der Waals surface area contributed by atoms with E-state index in [-0.39, 0.29) is 36.0 Å². The molecule has 2 aliphatic heterocycles. The minimum atomic E-state index is -4.55. The van der Waals surface area contributed by atoms with Crippen molar-refractivity contribution in [2.45, 2.75) is 62.7 Å². The summed E-state index contributed by atoms with van der Waals surface area (Å²) < 4.78 is 40.1. The lowest BCUT2D eigenvalue weighted by atomic mass is 9.84. The van der Waals surface area contributed by atoms with E-state index in [0.29, 0.717) is 25.9 Å². The fraction of sp³-hybridized carbons (Fsp3) is 0.519. The summed E-state index contributed by atoms with van der Waals surface area (Å²) >= 11 is 1.49. The highest BCUT2D eigenvalue weighted by molar-refractivity contribution is 8.04. The van der Waals surface area contributed by atoms with E-state index >= 15 is 0 Å². The number of likely N-dealkylation sites (tertiary alicyclic amines) is 1. The summed E-state index contributed by atoms with van der Waals surface area (Å²) in [4.78, 5) is 29.7. The van der Waals surface area contributed by atoms with Crippen LogP contribution in [0.25, 0.3) is 0 Å². The molecule has 2 atom stereocenters. The summed E-state index contributed by atoms with van der Waals surface area (Å²) in [6, 6.07) is 9.30. The van der Waals surface area contributed by atoms with Gasteiger partial charge in [0.05, 0.1) is 6.04 Å². The van der Waals surface area contributed by atoms with Crippen molar-refractivity contribution in [1.29, 1.82) is 0 Å². The lowest BCUT2D eigenvalue weighted by molar-refractivity contribution is -0.142. The molecule has 0 radical (unpaired) electrons. The second-order valence-corrected chi connectivity index (χ2v) is 11.5. The van der Waals surface area contributed by atoms with Gasteiger partial charge in [-0.15, -0.1) is 0 Å². The van der Waals surface area contributed by atoms with E-state index in [1.165, 1.54) is 29.8 Å². The average molecular weight is 548 g/mol. The molecule has 0 saturated carbocycles. The molecule has 2 amide bonds. The Morgan fingerprint density at radius 2 is 1.95 bits per heavy atom. The maximum absolute atomic E-state index is 14.1. The first kappa shape index (κ1) is 26.6. The second kappa shape index (κ2) is 10.3. The Labute approximate surface area is 224 Å². The van der Waals surface area contributed by atoms with Crippen LogP contribution in [-0.2, 0) is 28.7 Å². The zero-order valence-electron chi connectivity index (χ0n) is 21.5. The fourth-order valence-corrected chi connectivity index (χ4v) is 7.10. The molecule has 2 unspecified atom stereocenters. The van der Waals surface area contributed by atoms with Gasteiger partial charge in [0.2, 0.25) is 5.91 Å². The summed E-state index contributed by atoms with van der Waals surface area (Å²) in [5, 5.41) is 8.85. The highest BCUT2D eigenvalue weighted by Gasteiger charge is 2.50. The van der Waals surface area contributed by atoms with E-state index in [2.05, 4.69) is 22.5 Å². The molecule has 1 aliphatic carbocycles. The number of aromatic nitrogens is 2. The van der Waals surface area contributed by atoms with Crippen molar-refractivity contribution in [3.8, 4) is 0 Å². The maximum Gasteiger partial charge on any atom is 0.435 e. The van der Waals surface area contributed by atoms with Gasteiger partial charge in [0, 0.05) is 37.9 Å². The van der Waals surface area contributed by atoms with Gasteiger partial charge < -0.3 is 15.1 Å². The number of amides is 2. The van der Waals surface area contributed by atoms with Crippen molar-refractivity contribution in [3.63, 3.8) is 0 Å². The van der Waals surface area contributed by atoms with Gasteiger partial charge in [-0.05, 0) is 61.6 Å². The number of alkyl halides is 3. The molecule has 1 aromatic carbocycles. The van der Waals surface area contributed by atoms with Crippen LogP contribution in [-0.4, -0.2) is 56.4 Å². The van der Waals surface area contributed by atoms with Crippen LogP contribution in [0.1, 0.15) is 54.2 Å². The Hall–Kier alpha value is -2.95. The van der Waals surface area contributed by atoms with Crippen LogP contribution in [0, 0.1) is 12.8 Å². The number of benzene rings is 1. The highest BCUT2D eigenvalue weighted by Crippen LogP contribution is 2.44. The predicted octanol–water partition coefficient (Wildman–Crippen LogP) is 4.49. The average Bonchev–Trinajstić information content (AvgIpc) is 3.55. The Balaban J connectivity index is 1.25. The molecule has 11 heteroatoms. The topological polar surface area (TPSA) is 70.5 Å². The Morgan fingerprint density at radius 1 is 1.21 bits per heavy atom. The van der Waals surface area contributed by atoms with Crippen LogP contribution in [0.5, 0.6) is 0 Å². The fourth-order valence-electron chi connectivity index (χ4n) is 5.94. The van der Waals surface area contributed by atoms with Crippen LogP contribution in [0.3, 0.4) is 0 Å². The number of carbonyl (C=O) groups is 2. The van der Waals surface area contributed by atoms with Gasteiger partial charge in [-0.2, -0.15) is 18.3 Å². The third-order valence-corrected chi connectivity index (χ3v) is 9.31. The predicted molar refractivity (Wildman–Crippen MR) is 139 cm³/mol. The van der Waals surface area contributed by atoms with Gasteiger partial charge >= 0.3 is 6.18 Å². The van der Waals surface area contributed by atoms with E-state index in [1.54, 1.807) is 4.90 Å². The highest BCUT2D eigenvalue weighted by atomic mass is 32.2. The number of hydrogen-bond donors (Lipinski definition) is 1. The summed E-state index contributed by atoms with van der Waals surface area (Å²) in [5.41, 5.74) is 1.80. The third kappa shape index (κ3) is 4.92. The van der Waals surface area contributed by atoms with E-state index in [0.717, 1.165) is 30.0 Å². The summed E-state index contributed by atoms with van der Waals surface area (Å²) in [6.45, 7) is 2.13. The van der Waals surface area contributed by atoms with Crippen LogP contribution in [0.2, 0.25) is 0 Å². The van der Waals surface area contributed by atoms with E-state index in [4.69, 9.17) is 0 Å². The lowest BCUT2D eigenvalue weighted by Crippen LogP contribution is -2.59. The van der Waals surface area contributed by atoms with Gasteiger partial charge in [-0.3, -0.25) is 14.3 Å². The molecule has 5 rings (SSSR count). The molecule has 3 heterocycles. The molecule has 3 aliphatic rings. The number of nitrogens with zero attached hydrogens (tertiary/aromatic N) is 4. The molecule has 2 aromatic rings. The number of carbonyl (C=O) groups excluding carboxylic acids is 2. The van der Waals surface area contributed by atoms with Crippen molar-refractivity contribution in [1.82, 2.24) is 24.9 Å². The number of thioether (sulfide) groups is 1. The largest absolute Gasteiger partial charge is 0.435 e. The molecule has 1 N–H and O–H groups in total. The summed E-state index contributed by atoms with van der Waals surface area (Å²) in [5.74, 6) is -0.251. The number of nitrogens with one attached hydrogen (secondary N) is 1. The van der Waals surface area contributed by atoms with Crippen molar-refractivity contribution in [2.24, 2.45) is 5.92 Å². The first-order valence-corrected chi connectivity index (χ1v) is 13.8. The Bertz CT molecular complexity index is 1230. The molecule has 1 aromatic heterocycles. The first-order chi connectivity index (χ1) is 18.1. The molecule has 204 valence electrons.